The molecule has 0 fully saturated rings. The Kier molecular flexibility index (Phi) is 3.90. The molecular formula is C10H8BrF3O. The molecular weight excluding hydrogens is 273 g/mol. The van der Waals surface area contributed by atoms with Crippen LogP contribution in [0.2, 0.25) is 0 Å². The van der Waals surface area contributed by atoms with Gasteiger partial charge in [-0.1, -0.05) is 15.9 Å². The summed E-state index contributed by atoms with van der Waals surface area (Å²) >= 11 is 3.06. The summed E-state index contributed by atoms with van der Waals surface area (Å²) in [7, 11) is 0. The van der Waals surface area contributed by atoms with E-state index in [9.17, 15) is 18.0 Å². The predicted octanol–water partition coefficient (Wildman–Crippen LogP) is 3.00. The van der Waals surface area contributed by atoms with Crippen molar-refractivity contribution in [3.63, 3.8) is 0 Å². The van der Waals surface area contributed by atoms with Gasteiger partial charge in [0.05, 0.1) is 4.83 Å². The van der Waals surface area contributed by atoms with E-state index >= 15 is 0 Å². The summed E-state index contributed by atoms with van der Waals surface area (Å²) in [6.07, 6.45) is 0.128. The Morgan fingerprint density at radius 3 is 2.20 bits per heavy atom. The van der Waals surface area contributed by atoms with Crippen LogP contribution in [0.15, 0.2) is 12.1 Å². The van der Waals surface area contributed by atoms with Gasteiger partial charge in [0.1, 0.15) is 5.78 Å². The number of hydrogen-bond acceptors (Lipinski definition) is 1. The molecule has 1 atom stereocenters. The zero-order valence-corrected chi connectivity index (χ0v) is 9.45. The fraction of sp³-hybridized carbons (Fsp3) is 0.300. The molecule has 0 aliphatic heterocycles. The van der Waals surface area contributed by atoms with Gasteiger partial charge >= 0.3 is 0 Å². The molecule has 1 aromatic rings. The van der Waals surface area contributed by atoms with Crippen LogP contribution in [0.4, 0.5) is 13.2 Å². The number of Topliss-reactive ketones (excluding diaryl/α,β-unsaturated/α-hetero) is 1. The van der Waals surface area contributed by atoms with Crippen molar-refractivity contribution in [2.24, 2.45) is 0 Å². The van der Waals surface area contributed by atoms with Crippen LogP contribution in [0.5, 0.6) is 0 Å². The molecule has 0 saturated carbocycles. The molecule has 5 heteroatoms. The number of carbonyl (C=O) groups is 1. The van der Waals surface area contributed by atoms with Gasteiger partial charge in [-0.25, -0.2) is 13.2 Å². The van der Waals surface area contributed by atoms with Crippen LogP contribution in [-0.4, -0.2) is 10.6 Å². The van der Waals surface area contributed by atoms with E-state index in [1.165, 1.54) is 6.92 Å². The van der Waals surface area contributed by atoms with E-state index in [0.29, 0.717) is 0 Å². The third-order valence-corrected chi connectivity index (χ3v) is 2.87. The largest absolute Gasteiger partial charge is 0.299 e. The van der Waals surface area contributed by atoms with Crippen molar-refractivity contribution in [2.75, 3.05) is 0 Å². The molecule has 82 valence electrons. The first-order chi connectivity index (χ1) is 6.91. The number of rotatable bonds is 3. The quantitative estimate of drug-likeness (QED) is 0.615. The molecule has 1 rings (SSSR count). The average molecular weight is 281 g/mol. The minimum Gasteiger partial charge on any atom is -0.299 e. The Bertz CT molecular complexity index is 369. The van der Waals surface area contributed by atoms with Crippen LogP contribution >= 0.6 is 15.9 Å². The van der Waals surface area contributed by atoms with E-state index in [4.69, 9.17) is 0 Å². The summed E-state index contributed by atoms with van der Waals surface area (Å²) in [4.78, 5) is 10.4. The number of hydrogen-bond donors (Lipinski definition) is 0. The fourth-order valence-electron chi connectivity index (χ4n) is 1.08. The standard InChI is InChI=1S/C10H8BrF3O/c1-5(15)7(11)2-6-3-8(12)10(14)9(13)4-6/h3-4,7H,2H2,1H3. The Morgan fingerprint density at radius 1 is 1.33 bits per heavy atom. The van der Waals surface area contributed by atoms with E-state index < -0.39 is 22.3 Å². The highest BCUT2D eigenvalue weighted by atomic mass is 79.9. The van der Waals surface area contributed by atoms with E-state index in [2.05, 4.69) is 15.9 Å². The van der Waals surface area contributed by atoms with Gasteiger partial charge in [-0.2, -0.15) is 0 Å². The van der Waals surface area contributed by atoms with Gasteiger partial charge in [0, 0.05) is 0 Å². The summed E-state index contributed by atoms with van der Waals surface area (Å²) < 4.78 is 38.1. The Hall–Kier alpha value is -0.840. The first-order valence-corrected chi connectivity index (χ1v) is 5.11. The maximum Gasteiger partial charge on any atom is 0.194 e. The molecule has 0 heterocycles. The highest BCUT2D eigenvalue weighted by Crippen LogP contribution is 2.17. The SMILES string of the molecule is CC(=O)C(Br)Cc1cc(F)c(F)c(F)c1. The highest BCUT2D eigenvalue weighted by molar-refractivity contribution is 9.10. The summed E-state index contributed by atoms with van der Waals surface area (Å²) in [6, 6.07) is 1.77. The van der Waals surface area contributed by atoms with Gasteiger partial charge in [0.25, 0.3) is 0 Å². The predicted molar refractivity (Wildman–Crippen MR) is 53.4 cm³/mol. The smallest absolute Gasteiger partial charge is 0.194 e. The Balaban J connectivity index is 2.92. The normalized spacial score (nSPS) is 12.6. The molecule has 0 saturated heterocycles. The van der Waals surface area contributed by atoms with Crippen molar-refractivity contribution in [1.82, 2.24) is 0 Å². The molecule has 0 aliphatic rings. The second-order valence-electron chi connectivity index (χ2n) is 3.16. The van der Waals surface area contributed by atoms with Crippen LogP contribution in [0.1, 0.15) is 12.5 Å². The highest BCUT2D eigenvalue weighted by Gasteiger charge is 2.15. The van der Waals surface area contributed by atoms with E-state index in [-0.39, 0.29) is 17.8 Å². The van der Waals surface area contributed by atoms with E-state index in [1.54, 1.807) is 0 Å². The summed E-state index contributed by atoms with van der Waals surface area (Å²) in [5, 5.41) is 0. The van der Waals surface area contributed by atoms with Crippen LogP contribution in [0.3, 0.4) is 0 Å². The number of halogens is 4. The van der Waals surface area contributed by atoms with Gasteiger partial charge in [-0.15, -0.1) is 0 Å². The van der Waals surface area contributed by atoms with Crippen LogP contribution in [0.25, 0.3) is 0 Å². The summed E-state index contributed by atoms with van der Waals surface area (Å²) in [5.41, 5.74) is 0.239. The Morgan fingerprint density at radius 2 is 1.80 bits per heavy atom. The third-order valence-electron chi connectivity index (χ3n) is 1.90. The van der Waals surface area contributed by atoms with Gasteiger partial charge in [0.15, 0.2) is 17.5 Å². The summed E-state index contributed by atoms with van der Waals surface area (Å²) in [5.74, 6) is -4.13. The monoisotopic (exact) mass is 280 g/mol. The molecule has 0 N–H and O–H groups in total. The number of carbonyl (C=O) groups excluding carboxylic acids is 1. The molecule has 0 radical (unpaired) electrons. The molecule has 0 bridgehead atoms. The minimum atomic E-state index is -1.49. The summed E-state index contributed by atoms with van der Waals surface area (Å²) in [6.45, 7) is 1.36. The lowest BCUT2D eigenvalue weighted by Crippen LogP contribution is -2.13. The Labute approximate surface area is 93.4 Å². The van der Waals surface area contributed by atoms with E-state index in [0.717, 1.165) is 12.1 Å². The number of ketones is 1. The van der Waals surface area contributed by atoms with Crippen molar-refractivity contribution in [2.45, 2.75) is 18.2 Å². The molecule has 15 heavy (non-hydrogen) atoms. The lowest BCUT2D eigenvalue weighted by Gasteiger charge is -2.06. The van der Waals surface area contributed by atoms with Gasteiger partial charge < -0.3 is 0 Å². The van der Waals surface area contributed by atoms with Crippen LogP contribution in [0, 0.1) is 17.5 Å². The topological polar surface area (TPSA) is 17.1 Å². The molecule has 0 amide bonds. The fourth-order valence-corrected chi connectivity index (χ4v) is 1.45. The first kappa shape index (κ1) is 12.2. The maximum atomic E-state index is 12.8. The molecule has 0 spiro atoms. The molecule has 0 aromatic heterocycles. The van der Waals surface area contributed by atoms with E-state index in [1.807, 2.05) is 0 Å². The average Bonchev–Trinajstić information content (AvgIpc) is 2.13. The van der Waals surface area contributed by atoms with Crippen molar-refractivity contribution < 1.29 is 18.0 Å². The van der Waals surface area contributed by atoms with Crippen LogP contribution < -0.4 is 0 Å². The minimum absolute atomic E-state index is 0.128. The van der Waals surface area contributed by atoms with Gasteiger partial charge in [-0.05, 0) is 31.0 Å². The molecule has 1 nitrogen and oxygen atoms in total. The molecule has 0 aliphatic carbocycles. The second-order valence-corrected chi connectivity index (χ2v) is 4.26. The second kappa shape index (κ2) is 4.79. The maximum absolute atomic E-state index is 12.8. The van der Waals surface area contributed by atoms with Gasteiger partial charge in [0.2, 0.25) is 0 Å². The third kappa shape index (κ3) is 3.06. The number of benzene rings is 1. The number of alkyl halides is 1. The van der Waals surface area contributed by atoms with Crippen LogP contribution in [-0.2, 0) is 11.2 Å². The first-order valence-electron chi connectivity index (χ1n) is 4.19. The zero-order valence-electron chi connectivity index (χ0n) is 7.86. The molecule has 1 aromatic carbocycles. The van der Waals surface area contributed by atoms with Crippen molar-refractivity contribution in [3.05, 3.63) is 35.1 Å². The molecule has 1 unspecified atom stereocenters. The van der Waals surface area contributed by atoms with Crippen molar-refractivity contribution in [3.8, 4) is 0 Å². The van der Waals surface area contributed by atoms with Crippen molar-refractivity contribution >= 4 is 21.7 Å². The lowest BCUT2D eigenvalue weighted by molar-refractivity contribution is -0.116. The van der Waals surface area contributed by atoms with Crippen molar-refractivity contribution in [1.29, 1.82) is 0 Å². The zero-order chi connectivity index (χ0) is 11.6. The lowest BCUT2D eigenvalue weighted by atomic mass is 10.1. The van der Waals surface area contributed by atoms with Gasteiger partial charge in [-0.3, -0.25) is 4.79 Å².